The average molecular weight is 517 g/mol. The minimum Gasteiger partial charge on any atom is -0.383 e. The van der Waals surface area contributed by atoms with E-state index in [1.54, 1.807) is 7.11 Å². The van der Waals surface area contributed by atoms with Crippen LogP contribution in [0.5, 0.6) is 0 Å². The highest BCUT2D eigenvalue weighted by atomic mass is 16.5. The third-order valence-electron chi connectivity index (χ3n) is 8.24. The third kappa shape index (κ3) is 6.54. The maximum absolute atomic E-state index is 13.8. The molecule has 2 heterocycles. The Labute approximate surface area is 228 Å². The molecule has 0 radical (unpaired) electrons. The summed E-state index contributed by atoms with van der Waals surface area (Å²) in [4.78, 5) is 16.2. The van der Waals surface area contributed by atoms with Gasteiger partial charge in [0, 0.05) is 62.2 Å². The lowest BCUT2D eigenvalue weighted by atomic mass is 9.86. The molecule has 1 aliphatic heterocycles. The van der Waals surface area contributed by atoms with Crippen LogP contribution in [0.3, 0.4) is 0 Å². The fourth-order valence-corrected chi connectivity index (χ4v) is 5.32. The number of carbonyl (C=O) groups is 1. The van der Waals surface area contributed by atoms with Gasteiger partial charge in [0.25, 0.3) is 0 Å². The van der Waals surface area contributed by atoms with E-state index >= 15 is 0 Å². The van der Waals surface area contributed by atoms with Crippen molar-refractivity contribution in [2.24, 2.45) is 5.92 Å². The monoisotopic (exact) mass is 516 g/mol. The molecule has 0 aliphatic carbocycles. The summed E-state index contributed by atoms with van der Waals surface area (Å²) in [7, 11) is 1.74. The normalized spacial score (nSPS) is 19.0. The van der Waals surface area contributed by atoms with Gasteiger partial charge in [-0.15, -0.1) is 0 Å². The third-order valence-corrected chi connectivity index (χ3v) is 8.24. The van der Waals surface area contributed by atoms with Crippen LogP contribution in [0, 0.1) is 5.92 Å². The van der Waals surface area contributed by atoms with Crippen LogP contribution in [0.1, 0.15) is 63.4 Å². The Morgan fingerprint density at radius 1 is 1.08 bits per heavy atom. The van der Waals surface area contributed by atoms with Gasteiger partial charge in [-0.1, -0.05) is 76.2 Å². The molecule has 1 fully saturated rings. The van der Waals surface area contributed by atoms with Crippen molar-refractivity contribution in [2.75, 3.05) is 33.4 Å². The number of benzene rings is 2. The Kier molecular flexibility index (Phi) is 9.40. The highest BCUT2D eigenvalue weighted by molar-refractivity contribution is 5.79. The van der Waals surface area contributed by atoms with Gasteiger partial charge in [0.05, 0.1) is 18.0 Å². The topological polar surface area (TPSA) is 59.4 Å². The van der Waals surface area contributed by atoms with Crippen molar-refractivity contribution >= 4 is 5.91 Å². The number of rotatable bonds is 12. The first-order valence-electron chi connectivity index (χ1n) is 14.1. The molecule has 0 saturated carbocycles. The summed E-state index contributed by atoms with van der Waals surface area (Å²) >= 11 is 0. The maximum atomic E-state index is 13.8. The fraction of sp³-hybridized carbons (Fsp3) is 0.500. The molecule has 38 heavy (non-hydrogen) atoms. The van der Waals surface area contributed by atoms with Crippen LogP contribution in [0.15, 0.2) is 66.7 Å². The molecule has 2 aromatic carbocycles. The zero-order valence-corrected chi connectivity index (χ0v) is 23.7. The van der Waals surface area contributed by atoms with Gasteiger partial charge in [0.15, 0.2) is 0 Å². The van der Waals surface area contributed by atoms with Crippen molar-refractivity contribution in [1.29, 1.82) is 0 Å². The molecule has 3 unspecified atom stereocenters. The van der Waals surface area contributed by atoms with Crippen LogP contribution >= 0.6 is 0 Å². The van der Waals surface area contributed by atoms with E-state index in [9.17, 15) is 4.79 Å². The molecular formula is C32H44N4O2. The number of methoxy groups -OCH3 is 1. The predicted octanol–water partition coefficient (Wildman–Crippen LogP) is 5.36. The molecule has 0 spiro atoms. The summed E-state index contributed by atoms with van der Waals surface area (Å²) in [6, 6.07) is 23.1. The Bertz CT molecular complexity index is 1160. The minimum atomic E-state index is -0.129. The lowest BCUT2D eigenvalue weighted by Gasteiger charge is -2.23. The van der Waals surface area contributed by atoms with Gasteiger partial charge < -0.3 is 10.1 Å². The highest BCUT2D eigenvalue weighted by Gasteiger charge is 2.36. The van der Waals surface area contributed by atoms with Gasteiger partial charge in [-0.25, -0.2) is 4.68 Å². The van der Waals surface area contributed by atoms with Crippen LogP contribution in [0.4, 0.5) is 0 Å². The molecule has 1 aromatic heterocycles. The summed E-state index contributed by atoms with van der Waals surface area (Å²) < 4.78 is 7.37. The first kappa shape index (κ1) is 28.1. The van der Waals surface area contributed by atoms with Crippen molar-refractivity contribution in [3.63, 3.8) is 0 Å². The fourth-order valence-electron chi connectivity index (χ4n) is 5.32. The molecule has 3 atom stereocenters. The van der Waals surface area contributed by atoms with E-state index in [-0.39, 0.29) is 29.2 Å². The smallest absolute Gasteiger partial charge is 0.223 e. The maximum Gasteiger partial charge on any atom is 0.223 e. The van der Waals surface area contributed by atoms with Crippen LogP contribution in [0.25, 0.3) is 5.69 Å². The molecule has 6 nitrogen and oxygen atoms in total. The molecule has 4 rings (SSSR count). The second-order valence-electron chi connectivity index (χ2n) is 11.2. The number of carbonyl (C=O) groups excluding carboxylic acids is 1. The van der Waals surface area contributed by atoms with Crippen molar-refractivity contribution < 1.29 is 9.53 Å². The molecule has 1 N–H and O–H groups in total. The Morgan fingerprint density at radius 2 is 1.76 bits per heavy atom. The zero-order valence-electron chi connectivity index (χ0n) is 23.7. The number of hydrogen-bond donors (Lipinski definition) is 1. The van der Waals surface area contributed by atoms with E-state index in [1.807, 2.05) is 28.9 Å². The Morgan fingerprint density at radius 3 is 2.39 bits per heavy atom. The molecular weight excluding hydrogens is 472 g/mol. The molecule has 3 aromatic rings. The summed E-state index contributed by atoms with van der Waals surface area (Å²) in [5.74, 6) is 0.265. The molecule has 1 amide bonds. The number of nitrogens with zero attached hydrogens (tertiary/aromatic N) is 3. The van der Waals surface area contributed by atoms with Gasteiger partial charge >= 0.3 is 0 Å². The predicted molar refractivity (Wildman–Crippen MR) is 154 cm³/mol. The summed E-state index contributed by atoms with van der Waals surface area (Å²) in [6.45, 7) is 12.1. The van der Waals surface area contributed by atoms with Gasteiger partial charge in [0.1, 0.15) is 0 Å². The quantitative estimate of drug-likeness (QED) is 0.352. The Balaban J connectivity index is 1.55. The van der Waals surface area contributed by atoms with Gasteiger partial charge in [0.2, 0.25) is 5.91 Å². The molecule has 0 bridgehead atoms. The second-order valence-corrected chi connectivity index (χ2v) is 11.2. The molecule has 204 valence electrons. The summed E-state index contributed by atoms with van der Waals surface area (Å²) in [5.41, 5.74) is 4.44. The summed E-state index contributed by atoms with van der Waals surface area (Å²) in [6.07, 6.45) is 2.42. The van der Waals surface area contributed by atoms with E-state index in [4.69, 9.17) is 9.84 Å². The number of para-hydroxylation sites is 1. The van der Waals surface area contributed by atoms with Crippen molar-refractivity contribution in [3.8, 4) is 5.69 Å². The largest absolute Gasteiger partial charge is 0.383 e. The first-order valence-corrected chi connectivity index (χ1v) is 14.1. The number of ether oxygens (including phenoxy) is 1. The number of likely N-dealkylation sites (tertiary alicyclic amines) is 1. The van der Waals surface area contributed by atoms with Crippen molar-refractivity contribution in [3.05, 3.63) is 83.7 Å². The van der Waals surface area contributed by atoms with Crippen LogP contribution in [-0.2, 0) is 21.4 Å². The van der Waals surface area contributed by atoms with E-state index in [1.165, 1.54) is 5.56 Å². The van der Waals surface area contributed by atoms with Crippen LogP contribution in [0.2, 0.25) is 0 Å². The van der Waals surface area contributed by atoms with Gasteiger partial charge in [-0.05, 0) is 36.6 Å². The number of nitrogens with one attached hydrogen (secondary N) is 1. The first-order chi connectivity index (χ1) is 18.4. The molecule has 6 heteroatoms. The van der Waals surface area contributed by atoms with Gasteiger partial charge in [-0.2, -0.15) is 5.10 Å². The number of aromatic nitrogens is 2. The summed E-state index contributed by atoms with van der Waals surface area (Å²) in [5, 5.41) is 8.49. The Hall–Kier alpha value is -2.96. The standard InChI is InChI=1S/C32H44N4O2/c1-6-24(20-27-21-30(32(3,4)7-2)34-36(27)26-16-12-9-13-17-26)31(37)33-29-23-35(18-19-38-5)22-28(29)25-14-10-8-11-15-25/h8-17,21,24,28-29H,6-7,18-20,22-23H2,1-5H3,(H,33,37). The number of amides is 1. The molecule has 1 aliphatic rings. The van der Waals surface area contributed by atoms with Crippen molar-refractivity contribution in [1.82, 2.24) is 20.0 Å². The highest BCUT2D eigenvalue weighted by Crippen LogP contribution is 2.30. The van der Waals surface area contributed by atoms with E-state index in [0.717, 1.165) is 49.6 Å². The van der Waals surface area contributed by atoms with Gasteiger partial charge in [-0.3, -0.25) is 9.69 Å². The SMILES string of the molecule is CCC(Cc1cc(C(C)(C)CC)nn1-c1ccccc1)C(=O)NC1CN(CCOC)CC1c1ccccc1. The van der Waals surface area contributed by atoms with Crippen LogP contribution in [-0.4, -0.2) is 60.0 Å². The minimum absolute atomic E-state index is 0.0306. The zero-order chi connectivity index (χ0) is 27.1. The average Bonchev–Trinajstić information content (AvgIpc) is 3.56. The van der Waals surface area contributed by atoms with E-state index in [0.29, 0.717) is 13.0 Å². The lowest BCUT2D eigenvalue weighted by Crippen LogP contribution is -2.43. The van der Waals surface area contributed by atoms with Crippen LogP contribution < -0.4 is 5.32 Å². The second kappa shape index (κ2) is 12.7. The van der Waals surface area contributed by atoms with Crippen molar-refractivity contribution in [2.45, 2.75) is 64.3 Å². The molecule has 1 saturated heterocycles. The number of hydrogen-bond acceptors (Lipinski definition) is 4. The lowest BCUT2D eigenvalue weighted by molar-refractivity contribution is -0.125. The van der Waals surface area contributed by atoms with E-state index < -0.39 is 0 Å². The van der Waals surface area contributed by atoms with E-state index in [2.05, 4.69) is 80.4 Å².